The third-order valence-corrected chi connectivity index (χ3v) is 7.19. The maximum Gasteiger partial charge on any atom is 0.469 e. The van der Waals surface area contributed by atoms with E-state index in [4.69, 9.17) is 14.3 Å². The average molecular weight is 461 g/mol. The van der Waals surface area contributed by atoms with E-state index in [1.807, 2.05) is 0 Å². The van der Waals surface area contributed by atoms with E-state index in [1.54, 1.807) is 5.57 Å². The monoisotopic (exact) mass is 460 g/mol. The Labute approximate surface area is 192 Å². The van der Waals surface area contributed by atoms with E-state index >= 15 is 0 Å². The predicted molar refractivity (Wildman–Crippen MR) is 131 cm³/mol. The summed E-state index contributed by atoms with van der Waals surface area (Å²) < 4.78 is 16.5. The average Bonchev–Trinajstić information content (AvgIpc) is 2.68. The van der Waals surface area contributed by atoms with Crippen molar-refractivity contribution < 1.29 is 23.4 Å². The molecule has 0 heterocycles. The van der Waals surface area contributed by atoms with Crippen molar-refractivity contribution in [2.45, 2.75) is 122 Å². The minimum Gasteiger partial charge on any atom is -0.327 e. The summed E-state index contributed by atoms with van der Waals surface area (Å²) in [6, 6.07) is 0.0960. The number of hydrogen-bond acceptors (Lipinski definition) is 2. The van der Waals surface area contributed by atoms with Crippen LogP contribution in [0.1, 0.15) is 116 Å². The highest BCUT2D eigenvalue weighted by Crippen LogP contribution is 2.36. The fraction of sp³-hybridized carbons (Fsp3) is 0.920. The molecule has 1 fully saturated rings. The summed E-state index contributed by atoms with van der Waals surface area (Å²) in [7, 11) is 1.79. The highest BCUT2D eigenvalue weighted by molar-refractivity contribution is 7.46. The minimum atomic E-state index is -4.40. The first-order valence-corrected chi connectivity index (χ1v) is 14.4. The molecule has 0 aromatic carbocycles. The smallest absolute Gasteiger partial charge is 0.327 e. The van der Waals surface area contributed by atoms with Gasteiger partial charge in [0.25, 0.3) is 0 Å². The van der Waals surface area contributed by atoms with Crippen LogP contribution in [0.15, 0.2) is 11.6 Å². The molecule has 1 rings (SSSR count). The predicted octanol–water partition coefficient (Wildman–Crippen LogP) is 7.13. The molecule has 0 aromatic heterocycles. The standard InChI is InChI=1S/C25H50NO4P/c1-26(2,3)25(23-30-31(27,28)29)22-18-14-17-21-24-19-15-12-10-8-6-4-5-7-9-11-13-16-20-24/h21,25H,4-20,22-23H2,1-3H3,(H-,27,28,29)/p+1. The van der Waals surface area contributed by atoms with E-state index in [2.05, 4.69) is 27.2 Å². The van der Waals surface area contributed by atoms with Gasteiger partial charge in [-0.3, -0.25) is 4.52 Å². The van der Waals surface area contributed by atoms with Gasteiger partial charge in [0.1, 0.15) is 12.6 Å². The quantitative estimate of drug-likeness (QED) is 0.166. The zero-order valence-electron chi connectivity index (χ0n) is 20.7. The summed E-state index contributed by atoms with van der Waals surface area (Å²) in [4.78, 5) is 18.0. The van der Waals surface area contributed by atoms with Crippen molar-refractivity contribution >= 4 is 7.82 Å². The Kier molecular flexibility index (Phi) is 15.3. The third kappa shape index (κ3) is 17.0. The van der Waals surface area contributed by atoms with Crippen LogP contribution < -0.4 is 0 Å². The van der Waals surface area contributed by atoms with Gasteiger partial charge in [0.05, 0.1) is 21.1 Å². The molecule has 5 nitrogen and oxygen atoms in total. The maximum atomic E-state index is 11.1. The summed E-state index contributed by atoms with van der Waals surface area (Å²) in [5, 5.41) is 0. The van der Waals surface area contributed by atoms with E-state index in [9.17, 15) is 4.57 Å². The summed E-state index contributed by atoms with van der Waals surface area (Å²) in [5.41, 5.74) is 1.67. The van der Waals surface area contributed by atoms with Crippen LogP contribution in [-0.4, -0.2) is 48.1 Å². The van der Waals surface area contributed by atoms with Crippen molar-refractivity contribution in [3.63, 3.8) is 0 Å². The van der Waals surface area contributed by atoms with Gasteiger partial charge < -0.3 is 14.3 Å². The molecule has 0 spiro atoms. The number of likely N-dealkylation sites (N-methyl/N-ethyl adjacent to an activating group) is 1. The topological polar surface area (TPSA) is 66.8 Å². The largest absolute Gasteiger partial charge is 0.469 e. The van der Waals surface area contributed by atoms with Crippen LogP contribution in [-0.2, 0) is 9.09 Å². The number of phosphoric acid groups is 1. The van der Waals surface area contributed by atoms with Crippen LogP contribution in [0.3, 0.4) is 0 Å². The molecule has 1 unspecified atom stereocenters. The first-order chi connectivity index (χ1) is 14.7. The summed E-state index contributed by atoms with van der Waals surface area (Å²) in [5.74, 6) is 0. The van der Waals surface area contributed by atoms with Crippen LogP contribution in [0.4, 0.5) is 0 Å². The van der Waals surface area contributed by atoms with E-state index in [0.29, 0.717) is 4.48 Å². The van der Waals surface area contributed by atoms with Gasteiger partial charge in [-0.1, -0.05) is 75.9 Å². The Bertz CT molecular complexity index is 506. The molecule has 0 radical (unpaired) electrons. The van der Waals surface area contributed by atoms with Crippen molar-refractivity contribution in [1.82, 2.24) is 0 Å². The molecule has 184 valence electrons. The first-order valence-electron chi connectivity index (χ1n) is 12.9. The van der Waals surface area contributed by atoms with Crippen molar-refractivity contribution in [1.29, 1.82) is 0 Å². The minimum absolute atomic E-state index is 0.0960. The highest BCUT2D eigenvalue weighted by Gasteiger charge is 2.27. The number of unbranched alkanes of at least 4 members (excludes halogenated alkanes) is 2. The van der Waals surface area contributed by atoms with Gasteiger partial charge in [0.2, 0.25) is 0 Å². The number of hydrogen-bond donors (Lipinski definition) is 2. The second-order valence-corrected chi connectivity index (χ2v) is 11.7. The summed E-state index contributed by atoms with van der Waals surface area (Å²) >= 11 is 0. The molecule has 6 heteroatoms. The fourth-order valence-corrected chi connectivity index (χ4v) is 4.88. The van der Waals surface area contributed by atoms with Crippen molar-refractivity contribution in [2.75, 3.05) is 27.7 Å². The molecule has 1 aliphatic carbocycles. The first kappa shape index (κ1) is 28.8. The number of nitrogens with zero attached hydrogens (tertiary/aromatic N) is 1. The lowest BCUT2D eigenvalue weighted by molar-refractivity contribution is -0.896. The van der Waals surface area contributed by atoms with Gasteiger partial charge in [-0.2, -0.15) is 0 Å². The normalized spacial score (nSPS) is 20.0. The number of rotatable bonds is 9. The Morgan fingerprint density at radius 2 is 1.29 bits per heavy atom. The van der Waals surface area contributed by atoms with Crippen LogP contribution >= 0.6 is 7.82 Å². The molecule has 0 saturated heterocycles. The molecule has 1 saturated carbocycles. The highest BCUT2D eigenvalue weighted by atomic mass is 31.2. The second-order valence-electron chi connectivity index (χ2n) is 10.4. The van der Waals surface area contributed by atoms with Crippen LogP contribution in [0.25, 0.3) is 0 Å². The summed E-state index contributed by atoms with van der Waals surface area (Å²) in [6.07, 6.45) is 26.1. The molecular weight excluding hydrogens is 409 g/mol. The zero-order chi connectivity index (χ0) is 23.0. The van der Waals surface area contributed by atoms with E-state index in [1.165, 1.54) is 89.9 Å². The van der Waals surface area contributed by atoms with E-state index in [0.717, 1.165) is 25.7 Å². The zero-order valence-corrected chi connectivity index (χ0v) is 21.6. The fourth-order valence-electron chi connectivity index (χ4n) is 4.51. The van der Waals surface area contributed by atoms with Gasteiger partial charge >= 0.3 is 7.82 Å². The molecule has 0 aliphatic heterocycles. The molecule has 31 heavy (non-hydrogen) atoms. The number of allylic oxidation sites excluding steroid dienone is 2. The van der Waals surface area contributed by atoms with Crippen LogP contribution in [0.5, 0.6) is 0 Å². The maximum absolute atomic E-state index is 11.1. The lowest BCUT2D eigenvalue weighted by atomic mass is 9.98. The van der Waals surface area contributed by atoms with Gasteiger partial charge in [-0.25, -0.2) is 4.57 Å². The van der Waals surface area contributed by atoms with Crippen LogP contribution in [0.2, 0.25) is 0 Å². The Morgan fingerprint density at radius 1 is 0.839 bits per heavy atom. The van der Waals surface area contributed by atoms with Gasteiger partial charge in [-0.05, 0) is 44.9 Å². The van der Waals surface area contributed by atoms with Gasteiger partial charge in [0.15, 0.2) is 0 Å². The SMILES string of the molecule is C[N+](C)(C)C(CCCCC=C1CCCCCCCCCCCCCC1)COP(=O)(O)O. The lowest BCUT2D eigenvalue weighted by Crippen LogP contribution is -2.47. The van der Waals surface area contributed by atoms with Crippen molar-refractivity contribution in [3.8, 4) is 0 Å². The molecule has 0 amide bonds. The summed E-state index contributed by atoms with van der Waals surface area (Å²) in [6.45, 7) is 0.106. The molecule has 0 bridgehead atoms. The Hall–Kier alpha value is -0.190. The molecule has 2 N–H and O–H groups in total. The molecule has 1 atom stereocenters. The van der Waals surface area contributed by atoms with Gasteiger partial charge in [-0.15, -0.1) is 0 Å². The van der Waals surface area contributed by atoms with E-state index < -0.39 is 7.82 Å². The third-order valence-electron chi connectivity index (χ3n) is 6.70. The van der Waals surface area contributed by atoms with Crippen molar-refractivity contribution in [3.05, 3.63) is 11.6 Å². The molecule has 0 aromatic rings. The van der Waals surface area contributed by atoms with Gasteiger partial charge in [0, 0.05) is 6.42 Å². The Balaban J connectivity index is 2.41. The van der Waals surface area contributed by atoms with Crippen molar-refractivity contribution in [2.24, 2.45) is 0 Å². The Morgan fingerprint density at radius 3 is 1.71 bits per heavy atom. The molecule has 1 aliphatic rings. The lowest BCUT2D eigenvalue weighted by Gasteiger charge is -2.34. The molecular formula is C25H51NO4P+. The second kappa shape index (κ2) is 16.4. The van der Waals surface area contributed by atoms with E-state index in [-0.39, 0.29) is 12.6 Å². The van der Waals surface area contributed by atoms with Crippen LogP contribution in [0, 0.1) is 0 Å². The number of quaternary nitrogens is 1. The number of phosphoric ester groups is 1.